The molecule has 1 heterocycles. The molecule has 0 aromatic heterocycles. The molecule has 0 radical (unpaired) electrons. The first kappa shape index (κ1) is 28.7. The third kappa shape index (κ3) is 5.38. The van der Waals surface area contributed by atoms with Gasteiger partial charge in [0.2, 0.25) is 5.91 Å². The Morgan fingerprint density at radius 1 is 0.947 bits per heavy atom. The molecule has 0 saturated heterocycles. The maximum atomic E-state index is 14.4. The number of rotatable bonds is 6. The van der Waals surface area contributed by atoms with Crippen LogP contribution in [-0.2, 0) is 23.3 Å². The van der Waals surface area contributed by atoms with Gasteiger partial charge in [-0.2, -0.15) is 0 Å². The number of fused-ring (bicyclic) bond motifs is 1. The van der Waals surface area contributed by atoms with Gasteiger partial charge in [0.05, 0.1) is 17.5 Å². The number of benzene rings is 3. The molecular weight excluding hydrogens is 521 g/mol. The molecule has 0 atom stereocenters. The van der Waals surface area contributed by atoms with Crippen LogP contribution in [0.25, 0.3) is 0 Å². The predicted molar refractivity (Wildman–Crippen MR) is 138 cm³/mol. The molecule has 1 aliphatic heterocycles. The van der Waals surface area contributed by atoms with Crippen molar-refractivity contribution in [2.24, 2.45) is 0 Å². The molecule has 0 aliphatic carbocycles. The second-order valence-corrected chi connectivity index (χ2v) is 9.26. The minimum atomic E-state index is -1.49. The van der Waals surface area contributed by atoms with Crippen molar-refractivity contribution in [3.05, 3.63) is 98.8 Å². The zero-order chi connectivity index (χ0) is 28.4. The highest BCUT2D eigenvalue weighted by molar-refractivity contribution is 6.31. The number of carboxylic acid groups (broad SMARTS) is 1. The number of amides is 2. The summed E-state index contributed by atoms with van der Waals surface area (Å²) in [7, 11) is 0. The first-order valence-corrected chi connectivity index (χ1v) is 12.2. The van der Waals surface area contributed by atoms with Gasteiger partial charge in [0.25, 0.3) is 5.91 Å². The maximum Gasteiger partial charge on any atom is 0.335 e. The standard InChI is InChI=1S/C26H20ClF3N2O4.C2H6/c1-26(2)17-7-6-13(23(33)31-11-15-20(29)8-14(24(34)35)9-21(15)30)10-22(17)32(25(26)36)12-16-18(27)4-3-5-19(16)28;1-2/h3-10H,11-12H2,1-2H3,(H,31,33)(H,34,35);1-2H3. The summed E-state index contributed by atoms with van der Waals surface area (Å²) >= 11 is 6.15. The Labute approximate surface area is 223 Å². The third-order valence-corrected chi connectivity index (χ3v) is 6.55. The number of nitrogens with one attached hydrogen (secondary N) is 1. The second-order valence-electron chi connectivity index (χ2n) is 8.85. The SMILES string of the molecule is CC.CC1(C)C(=O)N(Cc2c(F)cccc2Cl)c2cc(C(=O)NCc3c(F)cc(C(=O)O)cc3F)ccc21. The molecule has 2 N–H and O–H groups in total. The van der Waals surface area contributed by atoms with Crippen molar-refractivity contribution in [1.82, 2.24) is 5.32 Å². The van der Waals surface area contributed by atoms with Crippen LogP contribution in [0.5, 0.6) is 0 Å². The van der Waals surface area contributed by atoms with E-state index in [1.165, 1.54) is 35.2 Å². The molecule has 0 saturated carbocycles. The molecule has 4 rings (SSSR count). The van der Waals surface area contributed by atoms with Gasteiger partial charge in [0, 0.05) is 33.9 Å². The van der Waals surface area contributed by atoms with E-state index in [1.807, 2.05) is 13.8 Å². The summed E-state index contributed by atoms with van der Waals surface area (Å²) in [6, 6.07) is 10.1. The number of carboxylic acids is 1. The Morgan fingerprint density at radius 2 is 1.58 bits per heavy atom. The van der Waals surface area contributed by atoms with Gasteiger partial charge < -0.3 is 15.3 Å². The van der Waals surface area contributed by atoms with Crippen molar-refractivity contribution >= 4 is 35.1 Å². The van der Waals surface area contributed by atoms with Crippen LogP contribution in [0.1, 0.15) is 65.1 Å². The lowest BCUT2D eigenvalue weighted by Crippen LogP contribution is -2.36. The molecule has 3 aromatic carbocycles. The number of carbonyl (C=O) groups is 3. The number of halogens is 4. The van der Waals surface area contributed by atoms with Gasteiger partial charge in [0.1, 0.15) is 17.5 Å². The zero-order valence-electron chi connectivity index (χ0n) is 21.2. The summed E-state index contributed by atoms with van der Waals surface area (Å²) in [6.45, 7) is 6.73. The van der Waals surface area contributed by atoms with Crippen LogP contribution in [-0.4, -0.2) is 22.9 Å². The fourth-order valence-corrected chi connectivity index (χ4v) is 4.37. The Kier molecular flexibility index (Phi) is 8.51. The highest BCUT2D eigenvalue weighted by Gasteiger charge is 2.44. The van der Waals surface area contributed by atoms with E-state index in [2.05, 4.69) is 5.32 Å². The monoisotopic (exact) mass is 546 g/mol. The van der Waals surface area contributed by atoms with Crippen LogP contribution in [0.3, 0.4) is 0 Å². The third-order valence-electron chi connectivity index (χ3n) is 6.20. The lowest BCUT2D eigenvalue weighted by Gasteiger charge is -2.21. The Bertz CT molecular complexity index is 1380. The second kappa shape index (κ2) is 11.3. The maximum absolute atomic E-state index is 14.4. The summed E-state index contributed by atoms with van der Waals surface area (Å²) in [5, 5.41) is 11.5. The molecule has 10 heteroatoms. The number of hydrogen-bond donors (Lipinski definition) is 2. The molecule has 0 spiro atoms. The first-order chi connectivity index (χ1) is 17.9. The van der Waals surface area contributed by atoms with E-state index >= 15 is 0 Å². The fourth-order valence-electron chi connectivity index (χ4n) is 4.15. The summed E-state index contributed by atoms with van der Waals surface area (Å²) < 4.78 is 42.9. The fraction of sp³-hybridized carbons (Fsp3) is 0.250. The average molecular weight is 547 g/mol. The quantitative estimate of drug-likeness (QED) is 0.383. The van der Waals surface area contributed by atoms with E-state index in [1.54, 1.807) is 19.9 Å². The van der Waals surface area contributed by atoms with E-state index < -0.39 is 52.4 Å². The van der Waals surface area contributed by atoms with Gasteiger partial charge in [-0.25, -0.2) is 18.0 Å². The van der Waals surface area contributed by atoms with Crippen LogP contribution in [0.4, 0.5) is 18.9 Å². The van der Waals surface area contributed by atoms with E-state index in [0.29, 0.717) is 23.4 Å². The summed E-state index contributed by atoms with van der Waals surface area (Å²) in [5.74, 6) is -5.27. The molecule has 0 unspecified atom stereocenters. The van der Waals surface area contributed by atoms with Crippen molar-refractivity contribution < 1.29 is 32.7 Å². The van der Waals surface area contributed by atoms with Gasteiger partial charge in [-0.1, -0.05) is 37.6 Å². The molecule has 200 valence electrons. The van der Waals surface area contributed by atoms with Gasteiger partial charge >= 0.3 is 5.97 Å². The predicted octanol–water partition coefficient (Wildman–Crippen LogP) is 6.24. The highest BCUT2D eigenvalue weighted by atomic mass is 35.5. The van der Waals surface area contributed by atoms with E-state index in [4.69, 9.17) is 16.7 Å². The lowest BCUT2D eigenvalue weighted by atomic mass is 9.86. The van der Waals surface area contributed by atoms with Crippen molar-refractivity contribution in [2.75, 3.05) is 4.90 Å². The summed E-state index contributed by atoms with van der Waals surface area (Å²) in [6.07, 6.45) is 0. The van der Waals surface area contributed by atoms with E-state index in [9.17, 15) is 27.6 Å². The van der Waals surface area contributed by atoms with Crippen molar-refractivity contribution in [2.45, 2.75) is 46.2 Å². The van der Waals surface area contributed by atoms with Crippen molar-refractivity contribution in [3.8, 4) is 0 Å². The molecule has 38 heavy (non-hydrogen) atoms. The first-order valence-electron chi connectivity index (χ1n) is 11.8. The largest absolute Gasteiger partial charge is 0.478 e. The summed E-state index contributed by atoms with van der Waals surface area (Å²) in [5.41, 5.74) is -0.755. The van der Waals surface area contributed by atoms with Crippen LogP contribution in [0.15, 0.2) is 48.5 Å². The van der Waals surface area contributed by atoms with Crippen molar-refractivity contribution in [1.29, 1.82) is 0 Å². The number of nitrogens with zero attached hydrogens (tertiary/aromatic N) is 1. The average Bonchev–Trinajstić information content (AvgIpc) is 3.06. The molecule has 3 aromatic rings. The Hall–Kier alpha value is -3.85. The molecule has 0 bridgehead atoms. The molecule has 2 amide bonds. The van der Waals surface area contributed by atoms with Gasteiger partial charge in [-0.3, -0.25) is 9.59 Å². The number of hydrogen-bond acceptors (Lipinski definition) is 3. The Morgan fingerprint density at radius 3 is 2.16 bits per heavy atom. The number of aromatic carboxylic acids is 1. The van der Waals surface area contributed by atoms with E-state index in [0.717, 1.165) is 0 Å². The van der Waals surface area contributed by atoms with Crippen LogP contribution in [0, 0.1) is 17.5 Å². The smallest absolute Gasteiger partial charge is 0.335 e. The number of carbonyl (C=O) groups excluding carboxylic acids is 2. The molecule has 0 fully saturated rings. The normalized spacial score (nSPS) is 13.5. The molecular formula is C28H26ClF3N2O4. The molecule has 6 nitrogen and oxygen atoms in total. The van der Waals surface area contributed by atoms with Gasteiger partial charge in [0.15, 0.2) is 0 Å². The minimum Gasteiger partial charge on any atom is -0.478 e. The van der Waals surface area contributed by atoms with E-state index in [-0.39, 0.29) is 28.6 Å². The van der Waals surface area contributed by atoms with Gasteiger partial charge in [-0.05, 0) is 55.8 Å². The number of anilines is 1. The van der Waals surface area contributed by atoms with Crippen LogP contribution >= 0.6 is 11.6 Å². The van der Waals surface area contributed by atoms with Gasteiger partial charge in [-0.15, -0.1) is 0 Å². The van der Waals surface area contributed by atoms with Crippen molar-refractivity contribution in [3.63, 3.8) is 0 Å². The topological polar surface area (TPSA) is 86.7 Å². The Balaban J connectivity index is 0.00000195. The van der Waals surface area contributed by atoms with Crippen LogP contribution < -0.4 is 10.2 Å². The molecule has 1 aliphatic rings. The van der Waals surface area contributed by atoms with Crippen LogP contribution in [0.2, 0.25) is 5.02 Å². The minimum absolute atomic E-state index is 0.104. The lowest BCUT2D eigenvalue weighted by molar-refractivity contribution is -0.122. The highest BCUT2D eigenvalue weighted by Crippen LogP contribution is 2.43. The zero-order valence-corrected chi connectivity index (χ0v) is 21.9. The summed E-state index contributed by atoms with van der Waals surface area (Å²) in [4.78, 5) is 38.3.